The molecule has 3 N–H and O–H groups in total. The molecule has 0 aliphatic heterocycles. The van der Waals surface area contributed by atoms with Crippen LogP contribution in [0, 0.1) is 0 Å². The van der Waals surface area contributed by atoms with E-state index < -0.39 is 20.0 Å². The number of allylic oxidation sites excluding steroid dienone is 29. The van der Waals surface area contributed by atoms with Crippen LogP contribution in [0.15, 0.2) is 182 Å². The highest BCUT2D eigenvalue weighted by molar-refractivity contribution is 7.47. The Balaban J connectivity index is 4.28. The van der Waals surface area contributed by atoms with Gasteiger partial charge in [-0.1, -0.05) is 318 Å². The van der Waals surface area contributed by atoms with Gasteiger partial charge in [0, 0.05) is 6.42 Å². The predicted octanol–water partition coefficient (Wildman–Crippen LogP) is 24.0. The van der Waals surface area contributed by atoms with Crippen LogP contribution in [0.1, 0.15) is 277 Å². The van der Waals surface area contributed by atoms with E-state index in [1.54, 1.807) is 6.08 Å². The Morgan fingerprint density at radius 3 is 1.01 bits per heavy atom. The summed E-state index contributed by atoms with van der Waals surface area (Å²) in [7, 11) is 1.49. The van der Waals surface area contributed by atoms with Crippen LogP contribution in [-0.2, 0) is 18.4 Å². The zero-order valence-electron chi connectivity index (χ0n) is 59.0. The minimum atomic E-state index is -4.39. The van der Waals surface area contributed by atoms with E-state index in [0.717, 1.165) is 116 Å². The SMILES string of the molecule is CC/C=C\C/C=C\C/C=C\C/C=C\C/C=C\C/C=C\C/C=C\C/C=C\C/C=C\C/C=C\C/C=C\C/C=C\CCCCC(=O)NC(COP(=O)(O)OCC[N+](C)(C)C)C(O)/C=C/CC/C=C/CC/C=C/CCCCCCCCCCCCCCCCCCCCCC. The number of amides is 1. The Morgan fingerprint density at radius 1 is 0.385 bits per heavy atom. The van der Waals surface area contributed by atoms with Crippen LogP contribution in [0.25, 0.3) is 0 Å². The molecule has 0 aliphatic rings. The first-order valence-corrected chi connectivity index (χ1v) is 38.2. The average Bonchev–Trinajstić information content (AvgIpc) is 3.58. The van der Waals surface area contributed by atoms with Crippen molar-refractivity contribution in [1.82, 2.24) is 5.32 Å². The van der Waals surface area contributed by atoms with Gasteiger partial charge in [0.2, 0.25) is 5.91 Å². The van der Waals surface area contributed by atoms with Crippen LogP contribution >= 0.6 is 7.82 Å². The van der Waals surface area contributed by atoms with Gasteiger partial charge in [-0.15, -0.1) is 0 Å². The second-order valence-electron chi connectivity index (χ2n) is 25.2. The lowest BCUT2D eigenvalue weighted by atomic mass is 10.0. The van der Waals surface area contributed by atoms with Gasteiger partial charge in [0.25, 0.3) is 0 Å². The summed E-state index contributed by atoms with van der Waals surface area (Å²) in [5, 5.41) is 13.9. The summed E-state index contributed by atoms with van der Waals surface area (Å²) in [6.45, 7) is 4.64. The molecule has 3 atom stereocenters. The van der Waals surface area contributed by atoms with Gasteiger partial charge in [0.1, 0.15) is 13.2 Å². The van der Waals surface area contributed by atoms with E-state index >= 15 is 0 Å². The van der Waals surface area contributed by atoms with Crippen molar-refractivity contribution in [1.29, 1.82) is 0 Å². The summed E-state index contributed by atoms with van der Waals surface area (Å²) in [4.78, 5) is 23.4. The highest BCUT2D eigenvalue weighted by Gasteiger charge is 2.28. The molecule has 0 saturated carbocycles. The Bertz CT molecular complexity index is 2140. The number of likely N-dealkylation sites (N-methyl/N-ethyl adjacent to an activating group) is 1. The lowest BCUT2D eigenvalue weighted by molar-refractivity contribution is -0.870. The first kappa shape index (κ1) is 86.6. The second kappa shape index (κ2) is 69.9. The lowest BCUT2D eigenvalue weighted by Crippen LogP contribution is -2.45. The van der Waals surface area contributed by atoms with Gasteiger partial charge < -0.3 is 19.8 Å². The number of nitrogens with zero attached hydrogens (tertiary/aromatic N) is 1. The van der Waals surface area contributed by atoms with Crippen LogP contribution in [0.3, 0.4) is 0 Å². The number of hydrogen-bond donors (Lipinski definition) is 3. The number of quaternary nitrogens is 1. The highest BCUT2D eigenvalue weighted by Crippen LogP contribution is 2.43. The molecule has 0 heterocycles. The summed E-state index contributed by atoms with van der Waals surface area (Å²) in [6, 6.07) is -0.910. The molecule has 0 fully saturated rings. The number of aliphatic hydroxyl groups is 1. The van der Waals surface area contributed by atoms with E-state index in [2.05, 4.69) is 189 Å². The molecule has 0 bridgehead atoms. The van der Waals surface area contributed by atoms with E-state index in [0.29, 0.717) is 17.4 Å². The van der Waals surface area contributed by atoms with Gasteiger partial charge in [-0.25, -0.2) is 4.57 Å². The smallest absolute Gasteiger partial charge is 0.387 e. The van der Waals surface area contributed by atoms with Crippen LogP contribution in [0.5, 0.6) is 0 Å². The van der Waals surface area contributed by atoms with Crippen LogP contribution in [0.2, 0.25) is 0 Å². The summed E-state index contributed by atoms with van der Waals surface area (Å²) < 4.78 is 23.8. The molecule has 0 spiro atoms. The number of carbonyl (C=O) groups excluding carboxylic acids is 1. The lowest BCUT2D eigenvalue weighted by Gasteiger charge is -2.25. The maximum absolute atomic E-state index is 13.0. The van der Waals surface area contributed by atoms with E-state index in [1.165, 1.54) is 135 Å². The molecule has 0 aromatic heterocycles. The van der Waals surface area contributed by atoms with E-state index in [-0.39, 0.29) is 25.5 Å². The molecule has 91 heavy (non-hydrogen) atoms. The second-order valence-corrected chi connectivity index (χ2v) is 26.7. The number of phosphoric acid groups is 1. The van der Waals surface area contributed by atoms with Crippen molar-refractivity contribution in [2.45, 2.75) is 289 Å². The molecule has 0 radical (unpaired) electrons. The first-order valence-electron chi connectivity index (χ1n) is 36.7. The maximum Gasteiger partial charge on any atom is 0.472 e. The molecule has 9 heteroatoms. The monoisotopic (exact) mass is 1280 g/mol. The van der Waals surface area contributed by atoms with Crippen molar-refractivity contribution < 1.29 is 32.9 Å². The zero-order chi connectivity index (χ0) is 66.2. The third-order valence-electron chi connectivity index (χ3n) is 15.3. The fourth-order valence-electron chi connectivity index (χ4n) is 9.70. The first-order chi connectivity index (χ1) is 44.5. The Hall–Kier alpha value is -4.40. The van der Waals surface area contributed by atoms with Gasteiger partial charge in [0.15, 0.2) is 0 Å². The van der Waals surface area contributed by atoms with Crippen LogP contribution in [-0.4, -0.2) is 73.4 Å². The van der Waals surface area contributed by atoms with Gasteiger partial charge in [-0.05, 0) is 135 Å². The number of aliphatic hydroxyl groups excluding tert-OH is 1. The van der Waals surface area contributed by atoms with Gasteiger partial charge in [-0.3, -0.25) is 13.8 Å². The molecule has 0 rings (SSSR count). The average molecular weight is 1280 g/mol. The van der Waals surface area contributed by atoms with Crippen molar-refractivity contribution >= 4 is 13.7 Å². The van der Waals surface area contributed by atoms with Gasteiger partial charge in [-0.2, -0.15) is 0 Å². The fourth-order valence-corrected chi connectivity index (χ4v) is 10.4. The van der Waals surface area contributed by atoms with Crippen LogP contribution in [0.4, 0.5) is 0 Å². The van der Waals surface area contributed by atoms with E-state index in [1.807, 2.05) is 27.2 Å². The Morgan fingerprint density at radius 2 is 0.670 bits per heavy atom. The molecule has 3 unspecified atom stereocenters. The molecule has 1 amide bonds. The molecular weight excluding hydrogens is 1140 g/mol. The maximum atomic E-state index is 13.0. The number of unbranched alkanes of at least 4 members (excludes halogenated alkanes) is 24. The van der Waals surface area contributed by atoms with Crippen molar-refractivity contribution in [3.8, 4) is 0 Å². The summed E-state index contributed by atoms with van der Waals surface area (Å²) in [6.07, 6.45) is 112. The third-order valence-corrected chi connectivity index (χ3v) is 16.3. The Kier molecular flexibility index (Phi) is 66.5. The standard InChI is InChI=1S/C82H137N2O6P/c1-6-8-10-12-14-16-18-20-22-24-26-28-30-32-34-36-38-39-40-41-42-43-44-45-46-48-50-52-54-56-58-60-62-64-66-68-70-72-74-76-82(86)83-80(79-90-91(87,88)89-78-77-84(3,4)5)81(85)75-73-71-69-67-65-63-61-59-57-55-53-51-49-47-37-35-33-31-29-27-25-23-21-19-17-15-13-11-9-7-2/h8,10,14,16,20,22,26,28,32,34,38-39,41-42,44-45,48,50,54,56-57,59-60,62,65-68,73,75,80-81,85H,6-7,9,11-13,15,17-19,21,23-25,27,29-31,33,35-37,40,43,46-47,49,51-53,55,58,61,63-64,69-72,74,76-79H2,1-5H3,(H-,83,86,87,88)/p+1/b10-8-,16-14-,22-20-,28-26-,34-32-,39-38-,42-41-,45-44-,50-48-,56-54-,59-57+,62-60-,67-65+,68-66-,75-73+. The van der Waals surface area contributed by atoms with Crippen molar-refractivity contribution in [3.63, 3.8) is 0 Å². The molecule has 0 saturated heterocycles. The summed E-state index contributed by atoms with van der Waals surface area (Å²) in [5.41, 5.74) is 0. The quantitative estimate of drug-likeness (QED) is 0.0243. The molecule has 0 aliphatic carbocycles. The third kappa shape index (κ3) is 72.9. The topological polar surface area (TPSA) is 105 Å². The van der Waals surface area contributed by atoms with Crippen molar-refractivity contribution in [2.24, 2.45) is 0 Å². The number of carbonyl (C=O) groups is 1. The molecular formula is C82H138N2O6P+. The molecule has 516 valence electrons. The Labute approximate surface area is 561 Å². The predicted molar refractivity (Wildman–Crippen MR) is 400 cm³/mol. The van der Waals surface area contributed by atoms with E-state index in [4.69, 9.17) is 9.05 Å². The van der Waals surface area contributed by atoms with Crippen molar-refractivity contribution in [2.75, 3.05) is 40.9 Å². The van der Waals surface area contributed by atoms with Crippen molar-refractivity contribution in [3.05, 3.63) is 182 Å². The highest BCUT2D eigenvalue weighted by atomic mass is 31.2. The zero-order valence-corrected chi connectivity index (χ0v) is 59.9. The number of rotatable bonds is 65. The molecule has 0 aromatic carbocycles. The normalized spacial score (nSPS) is 14.7. The van der Waals surface area contributed by atoms with Gasteiger partial charge >= 0.3 is 7.82 Å². The number of phosphoric ester groups is 1. The van der Waals surface area contributed by atoms with E-state index in [9.17, 15) is 19.4 Å². The van der Waals surface area contributed by atoms with Crippen LogP contribution < -0.4 is 5.32 Å². The van der Waals surface area contributed by atoms with Gasteiger partial charge in [0.05, 0.1) is 39.9 Å². The number of hydrogen-bond acceptors (Lipinski definition) is 5. The largest absolute Gasteiger partial charge is 0.472 e. The fraction of sp³-hybridized carbons (Fsp3) is 0.622. The minimum absolute atomic E-state index is 0.0348. The molecule has 0 aromatic rings. The minimum Gasteiger partial charge on any atom is -0.387 e. The number of nitrogens with one attached hydrogen (secondary N) is 1. The molecule has 8 nitrogen and oxygen atoms in total. The summed E-state index contributed by atoms with van der Waals surface area (Å²) in [5.74, 6) is -0.239. The summed E-state index contributed by atoms with van der Waals surface area (Å²) >= 11 is 0.